The van der Waals surface area contributed by atoms with Crippen LogP contribution in [0.1, 0.15) is 26.7 Å². The summed E-state index contributed by atoms with van der Waals surface area (Å²) in [5, 5.41) is 9.95. The molecule has 0 saturated carbocycles. The minimum Gasteiger partial charge on any atom is -0.491 e. The number of aliphatic carboxylic acids is 1. The molecule has 2 bridgehead atoms. The number of carboxylic acid groups (broad SMARTS) is 1. The highest BCUT2D eigenvalue weighted by atomic mass is 32.2. The van der Waals surface area contributed by atoms with Crippen molar-refractivity contribution in [2.75, 3.05) is 20.8 Å². The van der Waals surface area contributed by atoms with Crippen molar-refractivity contribution in [3.63, 3.8) is 0 Å². The number of allylic oxidation sites excluding steroid dienone is 2. The molecule has 0 unspecified atom stereocenters. The van der Waals surface area contributed by atoms with Crippen LogP contribution in [0, 0.1) is 5.92 Å². The van der Waals surface area contributed by atoms with Gasteiger partial charge in [0.15, 0.2) is 11.5 Å². The van der Waals surface area contributed by atoms with Crippen molar-refractivity contribution >= 4 is 29.3 Å². The highest BCUT2D eigenvalue weighted by Crippen LogP contribution is 2.51. The van der Waals surface area contributed by atoms with Gasteiger partial charge >= 0.3 is 5.97 Å². The minimum absolute atomic E-state index is 0.0293. The average Bonchev–Trinajstić information content (AvgIpc) is 3.22. The third kappa shape index (κ3) is 2.55. The number of hydrogen-bond donors (Lipinski definition) is 1. The summed E-state index contributed by atoms with van der Waals surface area (Å²) in [6.07, 6.45) is 0.619. The number of Topliss-reactive ketones (excluding diaryl/α,β-unsaturated/α-hetero) is 2. The second kappa shape index (κ2) is 6.91. The lowest BCUT2D eigenvalue weighted by Crippen LogP contribution is -2.66. The molecule has 3 fully saturated rings. The van der Waals surface area contributed by atoms with Crippen molar-refractivity contribution in [2.45, 2.75) is 62.3 Å². The molecule has 4 heterocycles. The van der Waals surface area contributed by atoms with Gasteiger partial charge in [-0.1, -0.05) is 13.8 Å². The lowest BCUT2D eigenvalue weighted by Gasteiger charge is -2.51. The Morgan fingerprint density at radius 1 is 1.27 bits per heavy atom. The van der Waals surface area contributed by atoms with Crippen LogP contribution in [0.5, 0.6) is 0 Å². The summed E-state index contributed by atoms with van der Waals surface area (Å²) in [6.45, 7) is 4.27. The Kier molecular flexibility index (Phi) is 4.66. The smallest absolute Gasteiger partial charge is 0.308 e. The first-order valence-corrected chi connectivity index (χ1v) is 11.2. The predicted molar refractivity (Wildman–Crippen MR) is 109 cm³/mol. The molecule has 5 aliphatic rings. The van der Waals surface area contributed by atoms with E-state index in [2.05, 4.69) is 9.80 Å². The van der Waals surface area contributed by atoms with E-state index in [-0.39, 0.29) is 53.0 Å². The van der Waals surface area contributed by atoms with Crippen molar-refractivity contribution in [1.82, 2.24) is 9.80 Å². The monoisotopic (exact) mass is 434 g/mol. The van der Waals surface area contributed by atoms with E-state index in [4.69, 9.17) is 9.47 Å². The van der Waals surface area contributed by atoms with Gasteiger partial charge in [-0.25, -0.2) is 0 Å². The maximum Gasteiger partial charge on any atom is 0.308 e. The van der Waals surface area contributed by atoms with Crippen molar-refractivity contribution in [3.05, 3.63) is 21.8 Å². The van der Waals surface area contributed by atoms with Gasteiger partial charge in [0.1, 0.15) is 11.1 Å². The number of nitrogens with zero attached hydrogens (tertiary/aromatic N) is 2. The molecule has 1 N–H and O–H groups in total. The van der Waals surface area contributed by atoms with Crippen LogP contribution in [0.2, 0.25) is 0 Å². The molecule has 0 spiro atoms. The number of piperazine rings is 1. The molecule has 1 aliphatic carbocycles. The molecule has 8 nitrogen and oxygen atoms in total. The van der Waals surface area contributed by atoms with Crippen LogP contribution in [-0.2, 0) is 23.9 Å². The second-order valence-corrected chi connectivity index (χ2v) is 10.5. The number of carbonyl (C=O) groups is 3. The van der Waals surface area contributed by atoms with E-state index in [0.29, 0.717) is 35.5 Å². The van der Waals surface area contributed by atoms with E-state index < -0.39 is 11.9 Å². The van der Waals surface area contributed by atoms with Gasteiger partial charge in [0.05, 0.1) is 31.7 Å². The Morgan fingerprint density at radius 3 is 2.63 bits per heavy atom. The highest BCUT2D eigenvalue weighted by molar-refractivity contribution is 8.04. The number of rotatable bonds is 4. The van der Waals surface area contributed by atoms with Crippen molar-refractivity contribution in [1.29, 1.82) is 0 Å². The van der Waals surface area contributed by atoms with Crippen molar-refractivity contribution in [3.8, 4) is 0 Å². The standard InChI is InChI=1S/C21H26N2O6S/c1-8(2)30-19-16(24)9-5-11-15-10(21(26)27)6-12(22(15)3)20-23(11)13(7-29-20)14(9)17(25)18(19)28-4/h8,10-13,15,20H,5-7H2,1-4H3,(H,26,27)/t10-,11+,12+,13+,15-,20-/m1/s1. The van der Waals surface area contributed by atoms with Crippen LogP contribution in [0.4, 0.5) is 0 Å². The quantitative estimate of drug-likeness (QED) is 0.651. The zero-order valence-corrected chi connectivity index (χ0v) is 18.3. The molecule has 30 heavy (non-hydrogen) atoms. The van der Waals surface area contributed by atoms with E-state index in [9.17, 15) is 19.5 Å². The van der Waals surface area contributed by atoms with Crippen LogP contribution < -0.4 is 0 Å². The number of ether oxygens (including phenoxy) is 2. The largest absolute Gasteiger partial charge is 0.491 e. The zero-order valence-electron chi connectivity index (χ0n) is 17.5. The van der Waals surface area contributed by atoms with Gasteiger partial charge in [-0.05, 0) is 19.9 Å². The molecular formula is C21H26N2O6S. The Hall–Kier alpha value is -1.68. The number of ketones is 2. The number of carboxylic acids is 1. The van der Waals surface area contributed by atoms with Crippen molar-refractivity contribution < 1.29 is 29.0 Å². The van der Waals surface area contributed by atoms with E-state index in [1.165, 1.54) is 18.9 Å². The number of thioether (sulfide) groups is 1. The van der Waals surface area contributed by atoms with E-state index in [1.54, 1.807) is 0 Å². The lowest BCUT2D eigenvalue weighted by molar-refractivity contribution is -0.145. The third-order valence-corrected chi connectivity index (χ3v) is 8.25. The summed E-state index contributed by atoms with van der Waals surface area (Å²) in [5.74, 6) is -1.58. The molecule has 0 radical (unpaired) electrons. The molecule has 9 heteroatoms. The number of likely N-dealkylation sites (N-methyl/N-ethyl adjacent to an activating group) is 1. The zero-order chi connectivity index (χ0) is 21.5. The van der Waals surface area contributed by atoms with Gasteiger partial charge in [-0.15, -0.1) is 11.8 Å². The normalized spacial score (nSPS) is 38.4. The predicted octanol–water partition coefficient (Wildman–Crippen LogP) is 1.02. The van der Waals surface area contributed by atoms with Crippen LogP contribution in [-0.4, -0.2) is 88.9 Å². The molecule has 3 saturated heterocycles. The first kappa shape index (κ1) is 20.2. The van der Waals surface area contributed by atoms with Crippen LogP contribution in [0.15, 0.2) is 21.8 Å². The first-order chi connectivity index (χ1) is 14.3. The summed E-state index contributed by atoms with van der Waals surface area (Å²) < 4.78 is 11.5. The fourth-order valence-electron chi connectivity index (χ4n) is 6.10. The van der Waals surface area contributed by atoms with E-state index >= 15 is 0 Å². The van der Waals surface area contributed by atoms with Gasteiger partial charge < -0.3 is 14.6 Å². The lowest BCUT2D eigenvalue weighted by atomic mass is 9.77. The summed E-state index contributed by atoms with van der Waals surface area (Å²) in [7, 11) is 3.38. The summed E-state index contributed by atoms with van der Waals surface area (Å²) in [6, 6.07) is -0.739. The third-order valence-electron chi connectivity index (χ3n) is 7.17. The van der Waals surface area contributed by atoms with E-state index in [1.807, 2.05) is 20.9 Å². The second-order valence-electron chi connectivity index (χ2n) is 8.94. The van der Waals surface area contributed by atoms with Crippen LogP contribution >= 0.6 is 11.8 Å². The summed E-state index contributed by atoms with van der Waals surface area (Å²) in [4.78, 5) is 43.6. The Morgan fingerprint density at radius 2 is 2.00 bits per heavy atom. The number of hydrogen-bond acceptors (Lipinski definition) is 8. The Balaban J connectivity index is 1.60. The van der Waals surface area contributed by atoms with E-state index in [0.717, 1.165) is 0 Å². The maximum absolute atomic E-state index is 13.5. The minimum atomic E-state index is -0.810. The Labute approximate surface area is 179 Å². The number of carbonyl (C=O) groups excluding carboxylic acids is 2. The molecule has 162 valence electrons. The van der Waals surface area contributed by atoms with Gasteiger partial charge in [-0.2, -0.15) is 0 Å². The molecule has 0 aromatic rings. The summed E-state index contributed by atoms with van der Waals surface area (Å²) in [5.41, 5.74) is 1.00. The Bertz CT molecular complexity index is 911. The van der Waals surface area contributed by atoms with Crippen LogP contribution in [0.3, 0.4) is 0 Å². The maximum atomic E-state index is 13.5. The molecule has 6 atom stereocenters. The fraction of sp³-hybridized carbons (Fsp3) is 0.667. The summed E-state index contributed by atoms with van der Waals surface area (Å²) >= 11 is 1.35. The van der Waals surface area contributed by atoms with Gasteiger partial charge in [0.2, 0.25) is 5.78 Å². The van der Waals surface area contributed by atoms with Gasteiger partial charge in [-0.3, -0.25) is 24.2 Å². The topological polar surface area (TPSA) is 96.4 Å². The first-order valence-electron chi connectivity index (χ1n) is 10.4. The molecular weight excluding hydrogens is 408 g/mol. The average molecular weight is 435 g/mol. The molecule has 5 rings (SSSR count). The van der Waals surface area contributed by atoms with Crippen LogP contribution in [0.25, 0.3) is 0 Å². The molecule has 0 amide bonds. The van der Waals surface area contributed by atoms with Gasteiger partial charge in [0, 0.05) is 28.5 Å². The van der Waals surface area contributed by atoms with Gasteiger partial charge in [0.25, 0.3) is 0 Å². The molecule has 4 aliphatic heterocycles. The van der Waals surface area contributed by atoms with Crippen molar-refractivity contribution in [2.24, 2.45) is 5.92 Å². The number of methoxy groups -OCH3 is 1. The molecule has 0 aromatic heterocycles. The fourth-order valence-corrected chi connectivity index (χ4v) is 7.08. The number of fused-ring (bicyclic) bond motifs is 5. The molecule has 0 aromatic carbocycles. The SMILES string of the molecule is COC1=C(SC(C)C)C(=O)C2=C(C1=O)[C@@H]1CO[C@@H]3[C@@H]4C[C@@H](C(=O)O)[C@H]([C@H](C2)N31)N4C. The highest BCUT2D eigenvalue weighted by Gasteiger charge is 2.63.